The number of piperidine rings is 3. The largest absolute Gasteiger partial charge is 0.337 e. The first kappa shape index (κ1) is 18.8. The van der Waals surface area contributed by atoms with Crippen LogP contribution in [0.4, 0.5) is 4.79 Å². The van der Waals surface area contributed by atoms with Gasteiger partial charge in [0, 0.05) is 44.8 Å². The SMILES string of the molecule is CC(C)NC(=O)NC[C@@H]1C[C@H]2CCN1C[C@@H]2CN1CCc2ccccc2C1. The minimum atomic E-state index is -0.0313. The molecule has 27 heavy (non-hydrogen) atoms. The Balaban J connectivity index is 1.28. The number of hydrogen-bond donors (Lipinski definition) is 2. The topological polar surface area (TPSA) is 47.6 Å². The summed E-state index contributed by atoms with van der Waals surface area (Å²) in [5, 5.41) is 6.00. The number of carbonyl (C=O) groups excluding carboxylic acids is 1. The van der Waals surface area contributed by atoms with Gasteiger partial charge in [-0.2, -0.15) is 0 Å². The molecular weight excluding hydrogens is 336 g/mol. The van der Waals surface area contributed by atoms with Crippen LogP contribution >= 0.6 is 0 Å². The quantitative estimate of drug-likeness (QED) is 0.837. The van der Waals surface area contributed by atoms with Crippen molar-refractivity contribution in [3.05, 3.63) is 35.4 Å². The number of benzene rings is 1. The van der Waals surface area contributed by atoms with E-state index in [1.807, 2.05) is 13.8 Å². The third-order valence-corrected chi connectivity index (χ3v) is 6.63. The van der Waals surface area contributed by atoms with Crippen LogP contribution in [-0.4, -0.2) is 60.6 Å². The summed E-state index contributed by atoms with van der Waals surface area (Å²) in [6.45, 7) is 10.7. The fraction of sp³-hybridized carbons (Fsp3) is 0.682. The molecule has 0 saturated carbocycles. The molecule has 4 atom stereocenters. The summed E-state index contributed by atoms with van der Waals surface area (Å²) in [4.78, 5) is 17.2. The minimum Gasteiger partial charge on any atom is -0.337 e. The predicted molar refractivity (Wildman–Crippen MR) is 109 cm³/mol. The molecule has 5 nitrogen and oxygen atoms in total. The average Bonchev–Trinajstić information content (AvgIpc) is 2.66. The molecule has 1 aromatic carbocycles. The molecular formula is C22H34N4O. The van der Waals surface area contributed by atoms with Crippen molar-refractivity contribution in [2.45, 2.75) is 51.7 Å². The summed E-state index contributed by atoms with van der Waals surface area (Å²) >= 11 is 0. The van der Waals surface area contributed by atoms with Gasteiger partial charge in [-0.3, -0.25) is 9.80 Å². The number of fused-ring (bicyclic) bond motifs is 4. The van der Waals surface area contributed by atoms with Gasteiger partial charge in [0.25, 0.3) is 0 Å². The predicted octanol–water partition coefficient (Wildman–Crippen LogP) is 2.46. The smallest absolute Gasteiger partial charge is 0.315 e. The van der Waals surface area contributed by atoms with E-state index in [9.17, 15) is 4.79 Å². The van der Waals surface area contributed by atoms with Gasteiger partial charge in [0.1, 0.15) is 0 Å². The second-order valence-electron chi connectivity index (χ2n) is 8.96. The molecule has 0 aliphatic carbocycles. The summed E-state index contributed by atoms with van der Waals surface area (Å²) in [7, 11) is 0. The molecule has 0 spiro atoms. The lowest BCUT2D eigenvalue weighted by atomic mass is 9.75. The highest BCUT2D eigenvalue weighted by Gasteiger charge is 2.40. The fourth-order valence-electron chi connectivity index (χ4n) is 5.23. The number of carbonyl (C=O) groups is 1. The fourth-order valence-corrected chi connectivity index (χ4v) is 5.23. The van der Waals surface area contributed by atoms with Crippen LogP contribution in [0.3, 0.4) is 0 Å². The Morgan fingerprint density at radius 3 is 2.78 bits per heavy atom. The summed E-state index contributed by atoms with van der Waals surface area (Å²) in [5.74, 6) is 1.59. The number of nitrogens with one attached hydrogen (secondary N) is 2. The van der Waals surface area contributed by atoms with Crippen molar-refractivity contribution in [1.82, 2.24) is 20.4 Å². The van der Waals surface area contributed by atoms with Gasteiger partial charge in [-0.05, 0) is 62.6 Å². The first-order valence-electron chi connectivity index (χ1n) is 10.7. The molecule has 5 heteroatoms. The van der Waals surface area contributed by atoms with E-state index < -0.39 is 0 Å². The summed E-state index contributed by atoms with van der Waals surface area (Å²) in [6.07, 6.45) is 3.75. The highest BCUT2D eigenvalue weighted by atomic mass is 16.2. The van der Waals surface area contributed by atoms with Crippen molar-refractivity contribution >= 4 is 6.03 Å². The highest BCUT2D eigenvalue weighted by molar-refractivity contribution is 5.74. The van der Waals surface area contributed by atoms with E-state index in [4.69, 9.17) is 0 Å². The van der Waals surface area contributed by atoms with E-state index in [1.54, 1.807) is 0 Å². The molecule has 3 fully saturated rings. The molecule has 2 amide bonds. The molecule has 148 valence electrons. The van der Waals surface area contributed by atoms with Crippen molar-refractivity contribution in [3.8, 4) is 0 Å². The Labute approximate surface area is 163 Å². The van der Waals surface area contributed by atoms with Gasteiger partial charge in [-0.25, -0.2) is 4.79 Å². The lowest BCUT2D eigenvalue weighted by Crippen LogP contribution is -2.59. The molecule has 2 bridgehead atoms. The summed E-state index contributed by atoms with van der Waals surface area (Å²) in [5.41, 5.74) is 3.05. The molecule has 0 aromatic heterocycles. The molecule has 4 aliphatic heterocycles. The molecule has 3 saturated heterocycles. The van der Waals surface area contributed by atoms with Crippen LogP contribution in [0, 0.1) is 11.8 Å². The Hall–Kier alpha value is -1.59. The zero-order chi connectivity index (χ0) is 18.8. The van der Waals surface area contributed by atoms with Crippen LogP contribution in [0.5, 0.6) is 0 Å². The normalized spacial score (nSPS) is 30.2. The molecule has 5 rings (SSSR count). The number of urea groups is 1. The standard InChI is InChI=1S/C22H34N4O/c1-16(2)24-22(27)23-12-21-11-18-8-10-26(21)15-20(18)14-25-9-7-17-5-3-4-6-19(17)13-25/h3-6,16,18,20-21H,7-15H2,1-2H3,(H2,23,24,27)/t18-,20+,21+/m1/s1. The van der Waals surface area contributed by atoms with Crippen molar-refractivity contribution in [2.24, 2.45) is 11.8 Å². The second-order valence-corrected chi connectivity index (χ2v) is 8.96. The number of rotatable bonds is 5. The van der Waals surface area contributed by atoms with Crippen LogP contribution in [-0.2, 0) is 13.0 Å². The van der Waals surface area contributed by atoms with Gasteiger partial charge < -0.3 is 10.6 Å². The third-order valence-electron chi connectivity index (χ3n) is 6.63. The summed E-state index contributed by atoms with van der Waals surface area (Å²) in [6, 6.07) is 9.58. The van der Waals surface area contributed by atoms with Crippen LogP contribution in [0.2, 0.25) is 0 Å². The highest BCUT2D eigenvalue weighted by Crippen LogP contribution is 2.37. The lowest BCUT2D eigenvalue weighted by Gasteiger charge is -2.51. The first-order valence-corrected chi connectivity index (χ1v) is 10.7. The van der Waals surface area contributed by atoms with Gasteiger partial charge in [0.2, 0.25) is 0 Å². The average molecular weight is 371 g/mol. The number of amides is 2. The Kier molecular flexibility index (Phi) is 5.69. The van der Waals surface area contributed by atoms with Gasteiger partial charge in [-0.1, -0.05) is 24.3 Å². The Morgan fingerprint density at radius 2 is 2.04 bits per heavy atom. The van der Waals surface area contributed by atoms with Gasteiger partial charge in [0.05, 0.1) is 0 Å². The second kappa shape index (κ2) is 8.19. The Bertz CT molecular complexity index is 661. The Morgan fingerprint density at radius 1 is 1.22 bits per heavy atom. The minimum absolute atomic E-state index is 0.0313. The van der Waals surface area contributed by atoms with Crippen LogP contribution in [0.15, 0.2) is 24.3 Å². The van der Waals surface area contributed by atoms with Crippen molar-refractivity contribution in [1.29, 1.82) is 0 Å². The lowest BCUT2D eigenvalue weighted by molar-refractivity contribution is -0.0126. The van der Waals surface area contributed by atoms with Crippen molar-refractivity contribution in [2.75, 3.05) is 32.7 Å². The molecule has 4 aliphatic rings. The van der Waals surface area contributed by atoms with Crippen LogP contribution in [0.1, 0.15) is 37.8 Å². The maximum Gasteiger partial charge on any atom is 0.315 e. The zero-order valence-corrected chi connectivity index (χ0v) is 16.8. The van der Waals surface area contributed by atoms with E-state index in [0.29, 0.717) is 6.04 Å². The molecule has 4 heterocycles. The molecule has 2 N–H and O–H groups in total. The van der Waals surface area contributed by atoms with Gasteiger partial charge in [-0.15, -0.1) is 0 Å². The number of nitrogens with zero attached hydrogens (tertiary/aromatic N) is 2. The van der Waals surface area contributed by atoms with E-state index in [-0.39, 0.29) is 12.1 Å². The van der Waals surface area contributed by atoms with Gasteiger partial charge >= 0.3 is 6.03 Å². The maximum atomic E-state index is 11.9. The van der Waals surface area contributed by atoms with E-state index in [2.05, 4.69) is 44.7 Å². The zero-order valence-electron chi connectivity index (χ0n) is 16.8. The summed E-state index contributed by atoms with van der Waals surface area (Å²) < 4.78 is 0. The van der Waals surface area contributed by atoms with E-state index in [1.165, 1.54) is 56.6 Å². The third kappa shape index (κ3) is 4.46. The van der Waals surface area contributed by atoms with Crippen molar-refractivity contribution in [3.63, 3.8) is 0 Å². The van der Waals surface area contributed by atoms with E-state index >= 15 is 0 Å². The van der Waals surface area contributed by atoms with E-state index in [0.717, 1.165) is 24.9 Å². The number of hydrogen-bond acceptors (Lipinski definition) is 3. The molecule has 0 radical (unpaired) electrons. The maximum absolute atomic E-state index is 11.9. The van der Waals surface area contributed by atoms with Crippen LogP contribution in [0.25, 0.3) is 0 Å². The van der Waals surface area contributed by atoms with Crippen LogP contribution < -0.4 is 10.6 Å². The van der Waals surface area contributed by atoms with Gasteiger partial charge in [0.15, 0.2) is 0 Å². The molecule has 1 unspecified atom stereocenters. The molecule has 1 aromatic rings. The first-order chi connectivity index (χ1) is 13.1. The monoisotopic (exact) mass is 370 g/mol. The van der Waals surface area contributed by atoms with Crippen molar-refractivity contribution < 1.29 is 4.79 Å².